The van der Waals surface area contributed by atoms with Gasteiger partial charge in [0.25, 0.3) is 0 Å². The van der Waals surface area contributed by atoms with Gasteiger partial charge in [0.15, 0.2) is 0 Å². The average Bonchev–Trinajstić information content (AvgIpc) is 1.66. The van der Waals surface area contributed by atoms with Crippen molar-refractivity contribution in [3.05, 3.63) is 11.6 Å². The molecule has 0 saturated carbocycles. The third kappa shape index (κ3) is 5.99. The van der Waals surface area contributed by atoms with Crippen molar-refractivity contribution in [3.63, 3.8) is 0 Å². The molecule has 0 rings (SSSR count). The summed E-state index contributed by atoms with van der Waals surface area (Å²) in [4.78, 5) is 2.12. The first-order valence-electron chi connectivity index (χ1n) is 2.67. The van der Waals surface area contributed by atoms with E-state index in [1.54, 1.807) is 5.54 Å². The summed E-state index contributed by atoms with van der Waals surface area (Å²) in [6.45, 7) is 1.07. The molecule has 1 nitrogen and oxygen atoms in total. The van der Waals surface area contributed by atoms with Crippen LogP contribution in [-0.2, 0) is 0 Å². The molecule has 0 aliphatic carbocycles. The van der Waals surface area contributed by atoms with Gasteiger partial charge in [-0.05, 0) is 20.5 Å². The van der Waals surface area contributed by atoms with E-state index >= 15 is 0 Å². The second-order valence-corrected chi connectivity index (χ2v) is 2.21. The van der Waals surface area contributed by atoms with Crippen LogP contribution in [0.3, 0.4) is 0 Å². The SMILES string of the molecule is CN(C)CC/C=C\Cl. The highest BCUT2D eigenvalue weighted by Gasteiger charge is 1.82. The molecule has 0 atom stereocenters. The molecule has 0 bridgehead atoms. The van der Waals surface area contributed by atoms with E-state index in [0.717, 1.165) is 13.0 Å². The van der Waals surface area contributed by atoms with E-state index < -0.39 is 0 Å². The largest absolute Gasteiger partial charge is 0.309 e. The molecule has 8 heavy (non-hydrogen) atoms. The molecule has 0 heterocycles. The van der Waals surface area contributed by atoms with Gasteiger partial charge in [-0.2, -0.15) is 0 Å². The normalized spacial score (nSPS) is 11.5. The van der Waals surface area contributed by atoms with Crippen molar-refractivity contribution in [1.29, 1.82) is 0 Å². The molecule has 0 spiro atoms. The minimum atomic E-state index is 1.04. The predicted molar refractivity (Wildman–Crippen MR) is 38.2 cm³/mol. The highest BCUT2D eigenvalue weighted by Crippen LogP contribution is 1.86. The van der Waals surface area contributed by atoms with Gasteiger partial charge in [0.1, 0.15) is 0 Å². The fraction of sp³-hybridized carbons (Fsp3) is 0.667. The van der Waals surface area contributed by atoms with Gasteiger partial charge in [0.05, 0.1) is 0 Å². The monoisotopic (exact) mass is 133 g/mol. The Balaban J connectivity index is 2.93. The van der Waals surface area contributed by atoms with Crippen molar-refractivity contribution in [1.82, 2.24) is 4.90 Å². The standard InChI is InChI=1S/C6H12ClN/c1-8(2)6-4-3-5-7/h3,5H,4,6H2,1-2H3/b5-3-. The van der Waals surface area contributed by atoms with Gasteiger partial charge in [-0.15, -0.1) is 0 Å². The molecule has 2 heteroatoms. The second-order valence-electron chi connectivity index (χ2n) is 1.95. The van der Waals surface area contributed by atoms with Crippen LogP contribution in [-0.4, -0.2) is 25.5 Å². The minimum absolute atomic E-state index is 1.04. The zero-order valence-electron chi connectivity index (χ0n) is 5.39. The lowest BCUT2D eigenvalue weighted by Crippen LogP contribution is -2.11. The Morgan fingerprint density at radius 1 is 1.50 bits per heavy atom. The second kappa shape index (κ2) is 5.13. The summed E-state index contributed by atoms with van der Waals surface area (Å²) < 4.78 is 0. The van der Waals surface area contributed by atoms with Crippen LogP contribution in [0.1, 0.15) is 6.42 Å². The van der Waals surface area contributed by atoms with Crippen LogP contribution in [0.25, 0.3) is 0 Å². The third-order valence-corrected chi connectivity index (χ3v) is 1.01. The summed E-state index contributed by atoms with van der Waals surface area (Å²) in [5.41, 5.74) is 1.56. The van der Waals surface area contributed by atoms with Gasteiger partial charge in [-0.3, -0.25) is 0 Å². The van der Waals surface area contributed by atoms with E-state index in [2.05, 4.69) is 4.90 Å². The lowest BCUT2D eigenvalue weighted by atomic mass is 10.4. The molecule has 0 aliphatic rings. The summed E-state index contributed by atoms with van der Waals surface area (Å²) in [7, 11) is 4.09. The minimum Gasteiger partial charge on any atom is -0.309 e. The number of rotatable bonds is 3. The lowest BCUT2D eigenvalue weighted by Gasteiger charge is -2.04. The van der Waals surface area contributed by atoms with E-state index in [1.165, 1.54) is 0 Å². The van der Waals surface area contributed by atoms with E-state index in [0.29, 0.717) is 0 Å². The molecular weight excluding hydrogens is 122 g/mol. The van der Waals surface area contributed by atoms with Crippen LogP contribution in [0.2, 0.25) is 0 Å². The molecule has 0 unspecified atom stereocenters. The molecule has 48 valence electrons. The molecule has 0 fully saturated rings. The number of nitrogens with zero attached hydrogens (tertiary/aromatic N) is 1. The van der Waals surface area contributed by atoms with Crippen LogP contribution < -0.4 is 0 Å². The molecule has 0 aliphatic heterocycles. The van der Waals surface area contributed by atoms with Gasteiger partial charge in [-0.1, -0.05) is 17.7 Å². The van der Waals surface area contributed by atoms with Crippen LogP contribution in [0.4, 0.5) is 0 Å². The molecular formula is C6H12ClN. The first-order valence-corrected chi connectivity index (χ1v) is 3.11. The lowest BCUT2D eigenvalue weighted by molar-refractivity contribution is 0.417. The van der Waals surface area contributed by atoms with Crippen molar-refractivity contribution < 1.29 is 0 Å². The molecule has 0 radical (unpaired) electrons. The zero-order chi connectivity index (χ0) is 6.41. The number of hydrogen-bond acceptors (Lipinski definition) is 1. The molecule has 0 amide bonds. The fourth-order valence-electron chi connectivity index (χ4n) is 0.396. The third-order valence-electron chi connectivity index (χ3n) is 0.832. The molecule has 0 N–H and O–H groups in total. The van der Waals surface area contributed by atoms with E-state index in [-0.39, 0.29) is 0 Å². The Kier molecular flexibility index (Phi) is 5.13. The molecule has 0 saturated heterocycles. The van der Waals surface area contributed by atoms with E-state index in [9.17, 15) is 0 Å². The van der Waals surface area contributed by atoms with Crippen LogP contribution in [0.15, 0.2) is 11.6 Å². The Labute approximate surface area is 55.9 Å². The summed E-state index contributed by atoms with van der Waals surface area (Å²) in [5, 5.41) is 0. The highest BCUT2D eigenvalue weighted by atomic mass is 35.5. The maximum atomic E-state index is 5.29. The Hall–Kier alpha value is -0.0100. The Morgan fingerprint density at radius 2 is 2.12 bits per heavy atom. The Morgan fingerprint density at radius 3 is 2.50 bits per heavy atom. The highest BCUT2D eigenvalue weighted by molar-refractivity contribution is 6.25. The average molecular weight is 134 g/mol. The maximum absolute atomic E-state index is 5.29. The van der Waals surface area contributed by atoms with Crippen molar-refractivity contribution in [3.8, 4) is 0 Å². The van der Waals surface area contributed by atoms with Crippen molar-refractivity contribution >= 4 is 11.6 Å². The summed E-state index contributed by atoms with van der Waals surface area (Å²) >= 11 is 5.29. The van der Waals surface area contributed by atoms with Gasteiger partial charge < -0.3 is 4.90 Å². The van der Waals surface area contributed by atoms with Crippen molar-refractivity contribution in [2.75, 3.05) is 20.6 Å². The predicted octanol–water partition coefficient (Wildman–Crippen LogP) is 1.69. The zero-order valence-corrected chi connectivity index (χ0v) is 6.15. The van der Waals surface area contributed by atoms with Crippen molar-refractivity contribution in [2.45, 2.75) is 6.42 Å². The van der Waals surface area contributed by atoms with Gasteiger partial charge >= 0.3 is 0 Å². The summed E-state index contributed by atoms with van der Waals surface area (Å²) in [6, 6.07) is 0. The van der Waals surface area contributed by atoms with Crippen LogP contribution >= 0.6 is 11.6 Å². The van der Waals surface area contributed by atoms with Crippen LogP contribution in [0.5, 0.6) is 0 Å². The van der Waals surface area contributed by atoms with Gasteiger partial charge in [-0.25, -0.2) is 0 Å². The Bertz CT molecular complexity index is 68.9. The number of halogens is 1. The van der Waals surface area contributed by atoms with E-state index in [4.69, 9.17) is 11.6 Å². The topological polar surface area (TPSA) is 3.24 Å². The molecule has 0 aromatic heterocycles. The van der Waals surface area contributed by atoms with Crippen LogP contribution in [0, 0.1) is 0 Å². The smallest absolute Gasteiger partial charge is 0.00102 e. The first kappa shape index (κ1) is 7.99. The maximum Gasteiger partial charge on any atom is 0.00102 e. The quantitative estimate of drug-likeness (QED) is 0.567. The van der Waals surface area contributed by atoms with Gasteiger partial charge in [0, 0.05) is 12.1 Å². The van der Waals surface area contributed by atoms with Gasteiger partial charge in [0.2, 0.25) is 0 Å². The molecule has 0 aromatic carbocycles. The first-order chi connectivity index (χ1) is 3.77. The fourth-order valence-corrected chi connectivity index (χ4v) is 0.522. The molecule has 0 aromatic rings. The van der Waals surface area contributed by atoms with E-state index in [1.807, 2.05) is 20.2 Å². The number of hydrogen-bond donors (Lipinski definition) is 0. The van der Waals surface area contributed by atoms with Crippen molar-refractivity contribution in [2.24, 2.45) is 0 Å². The summed E-state index contributed by atoms with van der Waals surface area (Å²) in [5.74, 6) is 0. The summed E-state index contributed by atoms with van der Waals surface area (Å²) in [6.07, 6.45) is 2.98.